The van der Waals surface area contributed by atoms with Crippen molar-refractivity contribution >= 4 is 5.97 Å². The van der Waals surface area contributed by atoms with Gasteiger partial charge in [0.15, 0.2) is 18.1 Å². The highest BCUT2D eigenvalue weighted by Gasteiger charge is 2.21. The Kier molecular flexibility index (Phi) is 3.19. The average Bonchev–Trinajstić information content (AvgIpc) is 2.64. The second kappa shape index (κ2) is 4.63. The van der Waals surface area contributed by atoms with Gasteiger partial charge in [-0.3, -0.25) is 0 Å². The number of phenolic OH excluding ortho intramolecular Hbond substituents is 1. The van der Waals surface area contributed by atoms with E-state index in [1.165, 1.54) is 7.11 Å². The number of nitrogens with two attached hydrogens (primary N) is 1. The van der Waals surface area contributed by atoms with Gasteiger partial charge in [-0.15, -0.1) is 0 Å². The van der Waals surface area contributed by atoms with Crippen LogP contribution in [-0.2, 0) is 22.4 Å². The molecular formula is C12H15NO4. The number of phenols is 1. The molecule has 3 N–H and O–H groups in total. The van der Waals surface area contributed by atoms with Crippen LogP contribution in [0.5, 0.6) is 11.5 Å². The highest BCUT2D eigenvalue weighted by molar-refractivity contribution is 5.71. The lowest BCUT2D eigenvalue weighted by molar-refractivity contribution is -0.142. The summed E-state index contributed by atoms with van der Waals surface area (Å²) in [7, 11) is 1.28. The van der Waals surface area contributed by atoms with Crippen molar-refractivity contribution in [3.63, 3.8) is 0 Å². The molecule has 1 unspecified atom stereocenters. The van der Waals surface area contributed by atoms with Crippen LogP contribution in [0.2, 0.25) is 0 Å². The zero-order valence-electron chi connectivity index (χ0n) is 9.60. The van der Waals surface area contributed by atoms with Crippen LogP contribution in [0.15, 0.2) is 12.1 Å². The third-order valence-corrected chi connectivity index (χ3v) is 2.82. The normalized spacial score (nSPS) is 17.6. The van der Waals surface area contributed by atoms with Gasteiger partial charge in [-0.1, -0.05) is 0 Å². The first kappa shape index (κ1) is 11.7. The molecule has 5 heteroatoms. The highest BCUT2D eigenvalue weighted by Crippen LogP contribution is 2.33. The van der Waals surface area contributed by atoms with Crippen molar-refractivity contribution < 1.29 is 19.4 Å². The van der Waals surface area contributed by atoms with Gasteiger partial charge in [0.05, 0.1) is 7.11 Å². The van der Waals surface area contributed by atoms with Gasteiger partial charge in [-0.05, 0) is 36.1 Å². The van der Waals surface area contributed by atoms with Crippen LogP contribution >= 0.6 is 0 Å². The van der Waals surface area contributed by atoms with E-state index in [1.54, 1.807) is 12.1 Å². The minimum Gasteiger partial charge on any atom is -0.504 e. The minimum absolute atomic E-state index is 0.0294. The van der Waals surface area contributed by atoms with E-state index in [1.807, 2.05) is 0 Å². The first-order chi connectivity index (χ1) is 8.10. The maximum absolute atomic E-state index is 10.9. The second-order valence-corrected chi connectivity index (χ2v) is 4.12. The predicted octanol–water partition coefficient (Wildman–Crippen LogP) is 0.370. The van der Waals surface area contributed by atoms with Crippen molar-refractivity contribution in [1.82, 2.24) is 0 Å². The Morgan fingerprint density at radius 1 is 1.47 bits per heavy atom. The molecule has 17 heavy (non-hydrogen) atoms. The third-order valence-electron chi connectivity index (χ3n) is 2.82. The average molecular weight is 237 g/mol. The van der Waals surface area contributed by atoms with E-state index in [0.29, 0.717) is 5.75 Å². The fraction of sp³-hybridized carbons (Fsp3) is 0.417. The lowest BCUT2D eigenvalue weighted by Gasteiger charge is -2.09. The van der Waals surface area contributed by atoms with Crippen molar-refractivity contribution in [2.24, 2.45) is 5.73 Å². The SMILES string of the molecule is COC(=O)COc1cc2c(cc1O)CC(N)C2. The first-order valence-corrected chi connectivity index (χ1v) is 5.40. The second-order valence-electron chi connectivity index (χ2n) is 4.12. The largest absolute Gasteiger partial charge is 0.504 e. The van der Waals surface area contributed by atoms with Gasteiger partial charge in [0.2, 0.25) is 0 Å². The van der Waals surface area contributed by atoms with Gasteiger partial charge in [-0.2, -0.15) is 0 Å². The third kappa shape index (κ3) is 2.50. The number of carbonyl (C=O) groups excluding carboxylic acids is 1. The summed E-state index contributed by atoms with van der Waals surface area (Å²) in [5, 5.41) is 9.73. The van der Waals surface area contributed by atoms with Crippen LogP contribution in [0.25, 0.3) is 0 Å². The van der Waals surface area contributed by atoms with E-state index < -0.39 is 5.97 Å². The zero-order valence-corrected chi connectivity index (χ0v) is 9.60. The van der Waals surface area contributed by atoms with E-state index >= 15 is 0 Å². The molecular weight excluding hydrogens is 222 g/mol. The molecule has 1 aromatic rings. The topological polar surface area (TPSA) is 81.8 Å². The summed E-state index contributed by atoms with van der Waals surface area (Å²) in [6, 6.07) is 3.48. The molecule has 0 amide bonds. The molecule has 1 aliphatic rings. The number of aromatic hydroxyl groups is 1. The van der Waals surface area contributed by atoms with Crippen molar-refractivity contribution in [1.29, 1.82) is 0 Å². The van der Waals surface area contributed by atoms with Crippen LogP contribution in [0, 0.1) is 0 Å². The number of hydrogen-bond donors (Lipinski definition) is 2. The maximum Gasteiger partial charge on any atom is 0.343 e. The summed E-state index contributed by atoms with van der Waals surface area (Å²) in [5.41, 5.74) is 7.94. The van der Waals surface area contributed by atoms with Crippen LogP contribution < -0.4 is 10.5 Å². The van der Waals surface area contributed by atoms with E-state index in [0.717, 1.165) is 24.0 Å². The van der Waals surface area contributed by atoms with Gasteiger partial charge in [0, 0.05) is 6.04 Å². The molecule has 0 saturated heterocycles. The monoisotopic (exact) mass is 237 g/mol. The quantitative estimate of drug-likeness (QED) is 0.742. The van der Waals surface area contributed by atoms with Crippen LogP contribution in [0.1, 0.15) is 11.1 Å². The fourth-order valence-electron chi connectivity index (χ4n) is 1.98. The number of carbonyl (C=O) groups is 1. The molecule has 0 fully saturated rings. The van der Waals surface area contributed by atoms with Crippen molar-refractivity contribution in [3.05, 3.63) is 23.3 Å². The Hall–Kier alpha value is -1.75. The smallest absolute Gasteiger partial charge is 0.343 e. The number of benzene rings is 1. The molecule has 2 rings (SSSR count). The lowest BCUT2D eigenvalue weighted by atomic mass is 10.1. The summed E-state index contributed by atoms with van der Waals surface area (Å²) in [5.74, 6) is -0.161. The number of rotatable bonds is 3. The van der Waals surface area contributed by atoms with Crippen LogP contribution in [0.4, 0.5) is 0 Å². The Labute approximate surface area is 99.1 Å². The lowest BCUT2D eigenvalue weighted by Crippen LogP contribution is -2.19. The Morgan fingerprint density at radius 2 is 2.12 bits per heavy atom. The standard InChI is InChI=1S/C12H15NO4/c1-16-12(15)6-17-11-5-8-3-9(13)2-7(8)4-10(11)14/h4-5,9,14H,2-3,6,13H2,1H3. The molecule has 1 aliphatic carbocycles. The Bertz CT molecular complexity index is 444. The van der Waals surface area contributed by atoms with Gasteiger partial charge in [0.1, 0.15) is 0 Å². The molecule has 92 valence electrons. The fourth-order valence-corrected chi connectivity index (χ4v) is 1.98. The van der Waals surface area contributed by atoms with E-state index in [4.69, 9.17) is 10.5 Å². The molecule has 0 bridgehead atoms. The van der Waals surface area contributed by atoms with E-state index in [2.05, 4.69) is 4.74 Å². The number of fused-ring (bicyclic) bond motifs is 1. The van der Waals surface area contributed by atoms with Crippen LogP contribution in [0.3, 0.4) is 0 Å². The minimum atomic E-state index is -0.485. The maximum atomic E-state index is 10.9. The van der Waals surface area contributed by atoms with Gasteiger partial charge >= 0.3 is 5.97 Å². The summed E-state index contributed by atoms with van der Waals surface area (Å²) in [4.78, 5) is 10.9. The molecule has 1 aromatic carbocycles. The van der Waals surface area contributed by atoms with E-state index in [-0.39, 0.29) is 18.4 Å². The summed E-state index contributed by atoms with van der Waals surface area (Å²) < 4.78 is 9.64. The molecule has 0 heterocycles. The van der Waals surface area contributed by atoms with Crippen molar-refractivity contribution in [2.45, 2.75) is 18.9 Å². The Balaban J connectivity index is 2.14. The predicted molar refractivity (Wildman–Crippen MR) is 61.0 cm³/mol. The van der Waals surface area contributed by atoms with Crippen LogP contribution in [-0.4, -0.2) is 30.8 Å². The molecule has 0 spiro atoms. The zero-order chi connectivity index (χ0) is 12.4. The number of ether oxygens (including phenoxy) is 2. The molecule has 5 nitrogen and oxygen atoms in total. The van der Waals surface area contributed by atoms with E-state index in [9.17, 15) is 9.90 Å². The first-order valence-electron chi connectivity index (χ1n) is 5.40. The molecule has 1 atom stereocenters. The van der Waals surface area contributed by atoms with Crippen molar-refractivity contribution in [3.8, 4) is 11.5 Å². The Morgan fingerprint density at radius 3 is 2.76 bits per heavy atom. The summed E-state index contributed by atoms with van der Waals surface area (Å²) in [6.07, 6.45) is 1.53. The molecule has 0 saturated carbocycles. The highest BCUT2D eigenvalue weighted by atomic mass is 16.6. The number of hydrogen-bond acceptors (Lipinski definition) is 5. The van der Waals surface area contributed by atoms with Gasteiger partial charge < -0.3 is 20.3 Å². The van der Waals surface area contributed by atoms with Gasteiger partial charge in [-0.25, -0.2) is 4.79 Å². The molecule has 0 aliphatic heterocycles. The summed E-state index contributed by atoms with van der Waals surface area (Å²) >= 11 is 0. The number of methoxy groups -OCH3 is 1. The van der Waals surface area contributed by atoms with Gasteiger partial charge in [0.25, 0.3) is 0 Å². The number of esters is 1. The molecule has 0 radical (unpaired) electrons. The summed E-state index contributed by atoms with van der Waals surface area (Å²) in [6.45, 7) is -0.213. The van der Waals surface area contributed by atoms with Crippen molar-refractivity contribution in [2.75, 3.05) is 13.7 Å². The molecule has 0 aromatic heterocycles.